The standard InChI is InChI=1S/C17H25ClN4O4S/c1-3-19-17(24)13(2)20-16(23)12-21-8-10-22(11-9-21)27(25,26)15-7-5-4-6-14(15)18/h4-7,13H,3,8-12H2,1-2H3,(H,19,24)(H,20,23)/t13-/m1/s1. The van der Waals surface area contributed by atoms with Crippen LogP contribution in [0, 0.1) is 0 Å². The van der Waals surface area contributed by atoms with E-state index in [-0.39, 0.29) is 41.4 Å². The number of carbonyl (C=O) groups is 2. The largest absolute Gasteiger partial charge is 0.355 e. The molecule has 8 nitrogen and oxygen atoms in total. The van der Waals surface area contributed by atoms with Gasteiger partial charge in [0.2, 0.25) is 21.8 Å². The summed E-state index contributed by atoms with van der Waals surface area (Å²) in [6.07, 6.45) is 0. The molecule has 2 amide bonds. The van der Waals surface area contributed by atoms with Gasteiger partial charge in [0.1, 0.15) is 10.9 Å². The smallest absolute Gasteiger partial charge is 0.244 e. The van der Waals surface area contributed by atoms with E-state index in [1.807, 2.05) is 11.8 Å². The Morgan fingerprint density at radius 1 is 1.19 bits per heavy atom. The minimum absolute atomic E-state index is 0.0913. The lowest BCUT2D eigenvalue weighted by molar-refractivity contribution is -0.129. The minimum atomic E-state index is -3.66. The second kappa shape index (κ2) is 9.50. The Hall–Kier alpha value is -1.68. The third-order valence-corrected chi connectivity index (χ3v) is 6.67. The summed E-state index contributed by atoms with van der Waals surface area (Å²) in [5, 5.41) is 5.48. The predicted molar refractivity (Wildman–Crippen MR) is 103 cm³/mol. The number of piperazine rings is 1. The summed E-state index contributed by atoms with van der Waals surface area (Å²) in [6.45, 7) is 5.43. The molecule has 1 fully saturated rings. The molecule has 150 valence electrons. The number of nitrogens with zero attached hydrogens (tertiary/aromatic N) is 2. The molecule has 2 N–H and O–H groups in total. The van der Waals surface area contributed by atoms with E-state index in [1.54, 1.807) is 25.1 Å². The number of rotatable bonds is 7. The first-order valence-corrected chi connectivity index (χ1v) is 10.6. The van der Waals surface area contributed by atoms with Crippen LogP contribution in [0.5, 0.6) is 0 Å². The fourth-order valence-corrected chi connectivity index (χ4v) is 4.72. The van der Waals surface area contributed by atoms with Crippen molar-refractivity contribution in [2.24, 2.45) is 0 Å². The zero-order valence-corrected chi connectivity index (χ0v) is 17.0. The van der Waals surface area contributed by atoms with Gasteiger partial charge in [-0.1, -0.05) is 23.7 Å². The van der Waals surface area contributed by atoms with Crippen LogP contribution >= 0.6 is 11.6 Å². The first-order valence-electron chi connectivity index (χ1n) is 8.79. The van der Waals surface area contributed by atoms with Gasteiger partial charge in [0.05, 0.1) is 11.6 Å². The molecule has 0 aliphatic carbocycles. The first kappa shape index (κ1) is 21.6. The van der Waals surface area contributed by atoms with Crippen molar-refractivity contribution >= 4 is 33.4 Å². The second-order valence-corrected chi connectivity index (χ2v) is 8.61. The predicted octanol–water partition coefficient (Wildman–Crippen LogP) is 0.287. The lowest BCUT2D eigenvalue weighted by atomic mass is 10.3. The van der Waals surface area contributed by atoms with E-state index >= 15 is 0 Å². The average Bonchev–Trinajstić information content (AvgIpc) is 2.62. The SMILES string of the molecule is CCNC(=O)[C@@H](C)NC(=O)CN1CCN(S(=O)(=O)c2ccccc2Cl)CC1. The summed E-state index contributed by atoms with van der Waals surface area (Å²) >= 11 is 6.02. The number of amides is 2. The molecule has 0 unspecified atom stereocenters. The molecule has 0 radical (unpaired) electrons. The number of hydrogen-bond acceptors (Lipinski definition) is 5. The minimum Gasteiger partial charge on any atom is -0.355 e. The summed E-state index contributed by atoms with van der Waals surface area (Å²) in [6, 6.07) is 5.74. The van der Waals surface area contributed by atoms with Gasteiger partial charge < -0.3 is 10.6 Å². The van der Waals surface area contributed by atoms with Crippen LogP contribution in [0.3, 0.4) is 0 Å². The quantitative estimate of drug-likeness (QED) is 0.665. The van der Waals surface area contributed by atoms with Crippen LogP contribution in [0.2, 0.25) is 5.02 Å². The molecule has 1 aliphatic heterocycles. The number of nitrogens with one attached hydrogen (secondary N) is 2. The molecule has 1 aromatic carbocycles. The molecule has 1 aromatic rings. The van der Waals surface area contributed by atoms with Gasteiger partial charge in [-0.05, 0) is 26.0 Å². The number of likely N-dealkylation sites (N-methyl/N-ethyl adjacent to an activating group) is 1. The van der Waals surface area contributed by atoms with Crippen LogP contribution in [-0.2, 0) is 19.6 Å². The molecule has 0 saturated carbocycles. The maximum absolute atomic E-state index is 12.7. The van der Waals surface area contributed by atoms with Crippen LogP contribution in [0.25, 0.3) is 0 Å². The summed E-state index contributed by atoms with van der Waals surface area (Å²) in [5.74, 6) is -0.502. The molecular weight excluding hydrogens is 392 g/mol. The Bertz CT molecular complexity index is 779. The number of benzene rings is 1. The molecule has 1 atom stereocenters. The Morgan fingerprint density at radius 2 is 1.81 bits per heavy atom. The van der Waals surface area contributed by atoms with E-state index < -0.39 is 16.1 Å². The zero-order chi connectivity index (χ0) is 20.0. The fourth-order valence-electron chi connectivity index (χ4n) is 2.80. The van der Waals surface area contributed by atoms with Crippen molar-refractivity contribution < 1.29 is 18.0 Å². The van der Waals surface area contributed by atoms with Gasteiger partial charge in [-0.2, -0.15) is 4.31 Å². The normalized spacial score (nSPS) is 17.3. The number of halogens is 1. The third-order valence-electron chi connectivity index (χ3n) is 4.27. The zero-order valence-electron chi connectivity index (χ0n) is 15.4. The van der Waals surface area contributed by atoms with Crippen molar-refractivity contribution in [2.45, 2.75) is 24.8 Å². The third kappa shape index (κ3) is 5.65. The molecule has 0 bridgehead atoms. The molecule has 1 aliphatic rings. The van der Waals surface area contributed by atoms with E-state index in [1.165, 1.54) is 10.4 Å². The van der Waals surface area contributed by atoms with Crippen LogP contribution in [0.1, 0.15) is 13.8 Å². The van der Waals surface area contributed by atoms with E-state index in [4.69, 9.17) is 11.6 Å². The highest BCUT2D eigenvalue weighted by molar-refractivity contribution is 7.89. The molecule has 1 saturated heterocycles. The summed E-state index contributed by atoms with van der Waals surface area (Å²) < 4.78 is 26.8. The molecule has 10 heteroatoms. The van der Waals surface area contributed by atoms with Crippen molar-refractivity contribution in [3.05, 3.63) is 29.3 Å². The summed E-state index contributed by atoms with van der Waals surface area (Å²) in [5.41, 5.74) is 0. The van der Waals surface area contributed by atoms with Crippen molar-refractivity contribution in [3.8, 4) is 0 Å². The van der Waals surface area contributed by atoms with Gasteiger partial charge in [-0.3, -0.25) is 14.5 Å². The molecular formula is C17H25ClN4O4S. The maximum atomic E-state index is 12.7. The summed E-state index contributed by atoms with van der Waals surface area (Å²) in [4.78, 5) is 25.7. The molecule has 1 heterocycles. The van der Waals surface area contributed by atoms with Gasteiger partial charge >= 0.3 is 0 Å². The second-order valence-electron chi connectivity index (χ2n) is 6.29. The van der Waals surface area contributed by atoms with E-state index in [2.05, 4.69) is 10.6 Å². The highest BCUT2D eigenvalue weighted by Gasteiger charge is 2.30. The van der Waals surface area contributed by atoms with E-state index in [9.17, 15) is 18.0 Å². The van der Waals surface area contributed by atoms with Crippen molar-refractivity contribution in [3.63, 3.8) is 0 Å². The molecule has 27 heavy (non-hydrogen) atoms. The number of sulfonamides is 1. The van der Waals surface area contributed by atoms with Gasteiger partial charge in [-0.15, -0.1) is 0 Å². The van der Waals surface area contributed by atoms with Gasteiger partial charge in [0.15, 0.2) is 0 Å². The monoisotopic (exact) mass is 416 g/mol. The van der Waals surface area contributed by atoms with Crippen LogP contribution < -0.4 is 10.6 Å². The Kier molecular flexibility index (Phi) is 7.60. The van der Waals surface area contributed by atoms with Gasteiger partial charge in [-0.25, -0.2) is 8.42 Å². The van der Waals surface area contributed by atoms with Gasteiger partial charge in [0, 0.05) is 32.7 Å². The van der Waals surface area contributed by atoms with Gasteiger partial charge in [0.25, 0.3) is 0 Å². The lowest BCUT2D eigenvalue weighted by Gasteiger charge is -2.33. The molecule has 0 aromatic heterocycles. The van der Waals surface area contributed by atoms with Crippen LogP contribution in [0.15, 0.2) is 29.2 Å². The average molecular weight is 417 g/mol. The molecule has 2 rings (SSSR count). The Labute approximate surface area is 164 Å². The van der Waals surface area contributed by atoms with Crippen molar-refractivity contribution in [1.29, 1.82) is 0 Å². The van der Waals surface area contributed by atoms with E-state index in [0.29, 0.717) is 19.6 Å². The lowest BCUT2D eigenvalue weighted by Crippen LogP contribution is -2.53. The van der Waals surface area contributed by atoms with E-state index in [0.717, 1.165) is 0 Å². The number of carbonyl (C=O) groups excluding carboxylic acids is 2. The summed E-state index contributed by atoms with van der Waals surface area (Å²) in [7, 11) is -3.66. The topological polar surface area (TPSA) is 98.8 Å². The van der Waals surface area contributed by atoms with Crippen LogP contribution in [-0.4, -0.2) is 74.7 Å². The Balaban J connectivity index is 1.87. The highest BCUT2D eigenvalue weighted by atomic mass is 35.5. The van der Waals surface area contributed by atoms with Crippen molar-refractivity contribution in [1.82, 2.24) is 19.8 Å². The first-order chi connectivity index (χ1) is 12.8. The maximum Gasteiger partial charge on any atom is 0.244 e. The van der Waals surface area contributed by atoms with Crippen molar-refractivity contribution in [2.75, 3.05) is 39.3 Å². The number of hydrogen-bond donors (Lipinski definition) is 2. The highest BCUT2D eigenvalue weighted by Crippen LogP contribution is 2.24. The van der Waals surface area contributed by atoms with Crippen LogP contribution in [0.4, 0.5) is 0 Å². The fraction of sp³-hybridized carbons (Fsp3) is 0.529. The molecule has 0 spiro atoms. The Morgan fingerprint density at radius 3 is 2.41 bits per heavy atom.